The van der Waals surface area contributed by atoms with Crippen LogP contribution in [-0.4, -0.2) is 95.0 Å². The smallest absolute Gasteiger partial charge is 0.233 e. The van der Waals surface area contributed by atoms with E-state index in [1.54, 1.807) is 0 Å². The molecule has 0 N–H and O–H groups in total. The Bertz CT molecular complexity index is 1020. The van der Waals surface area contributed by atoms with Crippen molar-refractivity contribution in [3.63, 3.8) is 0 Å². The molecule has 0 radical (unpaired) electrons. The van der Waals surface area contributed by atoms with Gasteiger partial charge >= 0.3 is 0 Å². The van der Waals surface area contributed by atoms with Gasteiger partial charge in [0.25, 0.3) is 0 Å². The van der Waals surface area contributed by atoms with Gasteiger partial charge in [0.15, 0.2) is 0 Å². The number of likely N-dealkylation sites (tertiary alicyclic amines) is 3. The van der Waals surface area contributed by atoms with Gasteiger partial charge in [-0.2, -0.15) is 0 Å². The van der Waals surface area contributed by atoms with Crippen molar-refractivity contribution in [3.8, 4) is 0 Å². The summed E-state index contributed by atoms with van der Waals surface area (Å²) in [6.45, 7) is 1.16. The van der Waals surface area contributed by atoms with Gasteiger partial charge in [-0.15, -0.1) is 0 Å². The monoisotopic (exact) mass is 488 g/mol. The maximum Gasteiger partial charge on any atom is 0.233 e. The minimum atomic E-state index is -1.35. The van der Waals surface area contributed by atoms with Gasteiger partial charge in [-0.05, 0) is 19.3 Å². The molecule has 0 aromatic heterocycles. The van der Waals surface area contributed by atoms with Crippen LogP contribution in [0.5, 0.6) is 0 Å². The fourth-order valence-electron chi connectivity index (χ4n) is 6.19. The summed E-state index contributed by atoms with van der Waals surface area (Å²) in [7, 11) is 5.04. The highest BCUT2D eigenvalue weighted by atomic mass is 16.2. The molecule has 6 atom stereocenters. The highest BCUT2D eigenvalue weighted by Gasteiger charge is 2.60. The summed E-state index contributed by atoms with van der Waals surface area (Å²) >= 11 is 0. The average molecular weight is 488 g/mol. The van der Waals surface area contributed by atoms with Crippen molar-refractivity contribution in [1.29, 1.82) is 0 Å². The number of piperidine rings is 3. The molecule has 0 spiro atoms. The first-order valence-corrected chi connectivity index (χ1v) is 11.5. The molecule has 4 fully saturated rings. The molecule has 0 aromatic carbocycles. The zero-order chi connectivity index (χ0) is 26.1. The first-order chi connectivity index (χ1) is 16.3. The summed E-state index contributed by atoms with van der Waals surface area (Å²) in [5, 5.41) is 0. The number of nitrogens with zero attached hydrogens (tertiary/aromatic N) is 4. The van der Waals surface area contributed by atoms with Crippen LogP contribution in [0.25, 0.3) is 0 Å². The summed E-state index contributed by atoms with van der Waals surface area (Å²) in [6.07, 6.45) is -0.423. The van der Waals surface area contributed by atoms with Gasteiger partial charge in [-0.3, -0.25) is 58.0 Å². The van der Waals surface area contributed by atoms with Gasteiger partial charge in [0.2, 0.25) is 47.3 Å². The highest BCUT2D eigenvalue weighted by Crippen LogP contribution is 2.48. The van der Waals surface area contributed by atoms with E-state index >= 15 is 0 Å². The topological polar surface area (TPSA) is 150 Å². The fraction of sp³-hybridized carbons (Fsp3) is 0.652. The molecule has 3 aliphatic heterocycles. The lowest BCUT2D eigenvalue weighted by Crippen LogP contribution is -2.63. The van der Waals surface area contributed by atoms with Crippen LogP contribution in [0.4, 0.5) is 0 Å². The number of hydrogen-bond donors (Lipinski definition) is 0. The Kier molecular flexibility index (Phi) is 5.89. The highest BCUT2D eigenvalue weighted by molar-refractivity contribution is 6.10. The zero-order valence-electron chi connectivity index (χ0n) is 20.2. The third-order valence-corrected chi connectivity index (χ3v) is 8.34. The van der Waals surface area contributed by atoms with E-state index in [4.69, 9.17) is 0 Å². The van der Waals surface area contributed by atoms with Crippen molar-refractivity contribution >= 4 is 47.3 Å². The summed E-state index contributed by atoms with van der Waals surface area (Å²) in [4.78, 5) is 108. The van der Waals surface area contributed by atoms with Crippen LogP contribution in [0.15, 0.2) is 0 Å². The second-order valence-electron chi connectivity index (χ2n) is 9.99. The summed E-state index contributed by atoms with van der Waals surface area (Å²) in [5.41, 5.74) is 0. The molecule has 12 heteroatoms. The largest absolute Gasteiger partial charge is 0.286 e. The van der Waals surface area contributed by atoms with Gasteiger partial charge in [0, 0.05) is 35.1 Å². The van der Waals surface area contributed by atoms with Crippen molar-refractivity contribution in [1.82, 2.24) is 19.6 Å². The van der Waals surface area contributed by atoms with E-state index in [0.29, 0.717) is 0 Å². The minimum absolute atomic E-state index is 0.0652. The molecule has 1 aliphatic carbocycles. The lowest BCUT2D eigenvalue weighted by atomic mass is 9.61. The maximum absolute atomic E-state index is 13.5. The number of amides is 8. The van der Waals surface area contributed by atoms with E-state index in [2.05, 4.69) is 0 Å². The second-order valence-corrected chi connectivity index (χ2v) is 9.99. The summed E-state index contributed by atoms with van der Waals surface area (Å²) in [5.74, 6) is -12.8. The standard InChI is InChI=1S/C23H28N4O8/c1-9(28)24(2)23(35)16-14-7-12(19(31)26(4)21(14)33)10-6-11(18(30)25(3)17(10)29)13-8-15(16)22(34)27(5)20(13)32/h10-16H,6-8H2,1-5H3. The van der Waals surface area contributed by atoms with Gasteiger partial charge < -0.3 is 0 Å². The normalized spacial score (nSPS) is 35.3. The Labute approximate surface area is 201 Å². The molecule has 4 aliphatic rings. The predicted octanol–water partition coefficient (Wildman–Crippen LogP) is -1.52. The van der Waals surface area contributed by atoms with Crippen LogP contribution in [-0.2, 0) is 38.4 Å². The van der Waals surface area contributed by atoms with Crippen LogP contribution < -0.4 is 0 Å². The van der Waals surface area contributed by atoms with Gasteiger partial charge in [-0.1, -0.05) is 0 Å². The SMILES string of the molecule is CC(=O)N(C)C(=O)C1C2CC(C(=O)N(C)C2=O)C2CC(C(=O)N(C)C2=O)C2CC1C(=O)N(C)C2=O. The third kappa shape index (κ3) is 3.49. The van der Waals surface area contributed by atoms with E-state index in [0.717, 1.165) is 26.5 Å². The van der Waals surface area contributed by atoms with E-state index in [9.17, 15) is 38.4 Å². The van der Waals surface area contributed by atoms with Gasteiger partial charge in [-0.25, -0.2) is 0 Å². The number of imide groups is 4. The van der Waals surface area contributed by atoms with E-state index in [1.807, 2.05) is 0 Å². The number of fused-ring (bicyclic) bond motifs is 8. The number of carbonyl (C=O) groups is 8. The Hall–Kier alpha value is -3.44. The molecule has 3 saturated heterocycles. The Morgan fingerprint density at radius 1 is 0.600 bits per heavy atom. The van der Waals surface area contributed by atoms with Gasteiger partial charge in [0.1, 0.15) is 0 Å². The summed E-state index contributed by atoms with van der Waals surface area (Å²) in [6, 6.07) is 0. The molecule has 0 aromatic rings. The second kappa shape index (κ2) is 8.35. The number of carbonyl (C=O) groups excluding carboxylic acids is 8. The van der Waals surface area contributed by atoms with Crippen LogP contribution in [0.1, 0.15) is 26.2 Å². The van der Waals surface area contributed by atoms with Crippen molar-refractivity contribution in [2.24, 2.45) is 41.4 Å². The van der Waals surface area contributed by atoms with Crippen molar-refractivity contribution in [3.05, 3.63) is 0 Å². The van der Waals surface area contributed by atoms with Crippen LogP contribution in [0, 0.1) is 41.4 Å². The van der Waals surface area contributed by atoms with Crippen LogP contribution in [0.3, 0.4) is 0 Å². The van der Waals surface area contributed by atoms with Crippen molar-refractivity contribution in [2.75, 3.05) is 28.2 Å². The predicted molar refractivity (Wildman–Crippen MR) is 115 cm³/mol. The first-order valence-electron chi connectivity index (χ1n) is 11.5. The minimum Gasteiger partial charge on any atom is -0.286 e. The summed E-state index contributed by atoms with van der Waals surface area (Å²) < 4.78 is 0. The van der Waals surface area contributed by atoms with Crippen LogP contribution in [0.2, 0.25) is 0 Å². The molecule has 3 heterocycles. The zero-order valence-corrected chi connectivity index (χ0v) is 20.2. The molecule has 12 nitrogen and oxygen atoms in total. The Morgan fingerprint density at radius 3 is 1.14 bits per heavy atom. The van der Waals surface area contributed by atoms with Gasteiger partial charge in [0.05, 0.1) is 41.4 Å². The fourth-order valence-corrected chi connectivity index (χ4v) is 6.19. The third-order valence-electron chi connectivity index (χ3n) is 8.34. The lowest BCUT2D eigenvalue weighted by molar-refractivity contribution is -0.177. The molecule has 6 unspecified atom stereocenters. The Balaban J connectivity index is 1.94. The van der Waals surface area contributed by atoms with E-state index < -0.39 is 88.7 Å². The lowest BCUT2D eigenvalue weighted by Gasteiger charge is -2.49. The first kappa shape index (κ1) is 24.7. The van der Waals surface area contributed by atoms with Crippen molar-refractivity contribution < 1.29 is 38.4 Å². The Morgan fingerprint density at radius 2 is 0.857 bits per heavy atom. The molecule has 8 amide bonds. The molecule has 1 saturated carbocycles. The van der Waals surface area contributed by atoms with E-state index in [-0.39, 0.29) is 19.3 Å². The molecular weight excluding hydrogens is 460 g/mol. The molecule has 35 heavy (non-hydrogen) atoms. The number of rotatable bonds is 1. The molecule has 188 valence electrons. The quantitative estimate of drug-likeness (QED) is 0.404. The maximum atomic E-state index is 13.5. The average Bonchev–Trinajstić information content (AvgIpc) is 2.82. The molecule has 4 rings (SSSR count). The molecule has 6 bridgehead atoms. The van der Waals surface area contributed by atoms with Crippen molar-refractivity contribution in [2.45, 2.75) is 26.2 Å². The van der Waals surface area contributed by atoms with Crippen LogP contribution >= 0.6 is 0 Å². The van der Waals surface area contributed by atoms with E-state index in [1.165, 1.54) is 28.2 Å². The molecular formula is C23H28N4O8. The number of hydrogen-bond acceptors (Lipinski definition) is 8.